The van der Waals surface area contributed by atoms with E-state index >= 15 is 0 Å². The lowest BCUT2D eigenvalue weighted by Crippen LogP contribution is -2.37. The van der Waals surface area contributed by atoms with Crippen LogP contribution in [-0.2, 0) is 5.41 Å². The molecule has 0 N–H and O–H groups in total. The lowest BCUT2D eigenvalue weighted by molar-refractivity contribution is 0.170. The fourth-order valence-electron chi connectivity index (χ4n) is 1.91. The molecule has 1 heterocycles. The van der Waals surface area contributed by atoms with E-state index in [0.717, 1.165) is 5.69 Å². The molecule has 2 heteroatoms. The van der Waals surface area contributed by atoms with E-state index in [1.54, 1.807) is 6.20 Å². The number of rotatable bonds is 5. The van der Waals surface area contributed by atoms with Crippen LogP contribution in [0.3, 0.4) is 0 Å². The SMILES string of the molecule is CCCCC(C)(C)C(C)(C)c1cccnn1. The van der Waals surface area contributed by atoms with Crippen molar-refractivity contribution in [3.63, 3.8) is 0 Å². The van der Waals surface area contributed by atoms with Gasteiger partial charge in [0.2, 0.25) is 0 Å². The highest BCUT2D eigenvalue weighted by atomic mass is 15.1. The van der Waals surface area contributed by atoms with Crippen LogP contribution in [0.15, 0.2) is 18.3 Å². The first-order valence-corrected chi connectivity index (χ1v) is 6.20. The Morgan fingerprint density at radius 2 is 1.88 bits per heavy atom. The molecule has 0 bridgehead atoms. The van der Waals surface area contributed by atoms with Crippen LogP contribution in [0.25, 0.3) is 0 Å². The molecule has 0 aliphatic heterocycles. The van der Waals surface area contributed by atoms with E-state index in [1.807, 2.05) is 6.07 Å². The van der Waals surface area contributed by atoms with Gasteiger partial charge >= 0.3 is 0 Å². The van der Waals surface area contributed by atoms with Gasteiger partial charge in [0.15, 0.2) is 0 Å². The van der Waals surface area contributed by atoms with Gasteiger partial charge in [0, 0.05) is 11.6 Å². The van der Waals surface area contributed by atoms with Crippen LogP contribution >= 0.6 is 0 Å². The molecule has 90 valence electrons. The molecule has 16 heavy (non-hydrogen) atoms. The molecule has 0 unspecified atom stereocenters. The van der Waals surface area contributed by atoms with Crippen molar-refractivity contribution < 1.29 is 0 Å². The summed E-state index contributed by atoms with van der Waals surface area (Å²) in [5.74, 6) is 0. The van der Waals surface area contributed by atoms with Crippen molar-refractivity contribution in [2.75, 3.05) is 0 Å². The minimum absolute atomic E-state index is 0.0659. The zero-order valence-corrected chi connectivity index (χ0v) is 11.2. The fraction of sp³-hybridized carbons (Fsp3) is 0.714. The van der Waals surface area contributed by atoms with E-state index in [-0.39, 0.29) is 10.8 Å². The zero-order valence-electron chi connectivity index (χ0n) is 11.2. The standard InChI is InChI=1S/C14H24N2/c1-6-7-10-13(2,3)14(4,5)12-9-8-11-15-16-12/h8-9,11H,6-7,10H2,1-5H3. The second kappa shape index (κ2) is 4.94. The van der Waals surface area contributed by atoms with Crippen LogP contribution < -0.4 is 0 Å². The van der Waals surface area contributed by atoms with Crippen LogP contribution in [0.2, 0.25) is 0 Å². The molecule has 0 radical (unpaired) electrons. The van der Waals surface area contributed by atoms with Gasteiger partial charge in [0.25, 0.3) is 0 Å². The highest BCUT2D eigenvalue weighted by molar-refractivity contribution is 5.16. The summed E-state index contributed by atoms with van der Waals surface area (Å²) >= 11 is 0. The van der Waals surface area contributed by atoms with Crippen LogP contribution in [0, 0.1) is 5.41 Å². The molecule has 0 aliphatic carbocycles. The summed E-state index contributed by atoms with van der Waals surface area (Å²) in [7, 11) is 0. The van der Waals surface area contributed by atoms with Crippen LogP contribution in [0.5, 0.6) is 0 Å². The first-order valence-electron chi connectivity index (χ1n) is 6.20. The molecule has 0 amide bonds. The van der Waals surface area contributed by atoms with Crippen molar-refractivity contribution in [1.82, 2.24) is 10.2 Å². The average Bonchev–Trinajstić information content (AvgIpc) is 2.27. The van der Waals surface area contributed by atoms with Gasteiger partial charge in [-0.25, -0.2) is 0 Å². The fourth-order valence-corrected chi connectivity index (χ4v) is 1.91. The van der Waals surface area contributed by atoms with Gasteiger partial charge in [-0.15, -0.1) is 0 Å². The predicted octanol–water partition coefficient (Wildman–Crippen LogP) is 3.97. The van der Waals surface area contributed by atoms with Crippen molar-refractivity contribution in [1.29, 1.82) is 0 Å². The Morgan fingerprint density at radius 1 is 1.19 bits per heavy atom. The van der Waals surface area contributed by atoms with Gasteiger partial charge in [-0.1, -0.05) is 47.5 Å². The molecular formula is C14H24N2. The van der Waals surface area contributed by atoms with Gasteiger partial charge in [-0.3, -0.25) is 0 Å². The second-order valence-electron chi connectivity index (χ2n) is 5.72. The van der Waals surface area contributed by atoms with Crippen LogP contribution in [0.1, 0.15) is 59.6 Å². The molecule has 1 aromatic rings. The average molecular weight is 220 g/mol. The lowest BCUT2D eigenvalue weighted by Gasteiger charge is -2.41. The zero-order chi connectivity index (χ0) is 12.2. The monoisotopic (exact) mass is 220 g/mol. The minimum Gasteiger partial charge on any atom is -0.159 e. The summed E-state index contributed by atoms with van der Waals surface area (Å²) in [6.45, 7) is 11.4. The third-order valence-electron chi connectivity index (χ3n) is 4.06. The lowest BCUT2D eigenvalue weighted by atomic mass is 9.64. The Labute approximate surface area is 99.5 Å². The maximum absolute atomic E-state index is 4.27. The van der Waals surface area contributed by atoms with Crippen molar-refractivity contribution in [3.05, 3.63) is 24.0 Å². The molecule has 0 saturated heterocycles. The van der Waals surface area contributed by atoms with Gasteiger partial charge < -0.3 is 0 Å². The van der Waals surface area contributed by atoms with Crippen LogP contribution in [0.4, 0.5) is 0 Å². The maximum Gasteiger partial charge on any atom is 0.0692 e. The largest absolute Gasteiger partial charge is 0.159 e. The first-order chi connectivity index (χ1) is 7.42. The summed E-state index contributed by atoms with van der Waals surface area (Å²) in [6, 6.07) is 4.06. The van der Waals surface area contributed by atoms with Crippen molar-refractivity contribution in [2.24, 2.45) is 5.41 Å². The Morgan fingerprint density at radius 3 is 2.38 bits per heavy atom. The maximum atomic E-state index is 4.27. The second-order valence-corrected chi connectivity index (χ2v) is 5.72. The number of aromatic nitrogens is 2. The van der Waals surface area contributed by atoms with Crippen molar-refractivity contribution in [2.45, 2.75) is 59.3 Å². The summed E-state index contributed by atoms with van der Waals surface area (Å²) in [5.41, 5.74) is 1.41. The van der Waals surface area contributed by atoms with E-state index in [9.17, 15) is 0 Å². The molecule has 0 aliphatic rings. The third kappa shape index (κ3) is 2.60. The molecule has 2 nitrogen and oxygen atoms in total. The van der Waals surface area contributed by atoms with E-state index in [2.05, 4.69) is 50.9 Å². The number of hydrogen-bond donors (Lipinski definition) is 0. The highest BCUT2D eigenvalue weighted by Crippen LogP contribution is 2.43. The Kier molecular flexibility index (Phi) is 4.06. The normalized spacial score (nSPS) is 12.8. The summed E-state index contributed by atoms with van der Waals surface area (Å²) in [6.07, 6.45) is 5.49. The van der Waals surface area contributed by atoms with Crippen molar-refractivity contribution >= 4 is 0 Å². The summed E-state index contributed by atoms with van der Waals surface area (Å²) < 4.78 is 0. The summed E-state index contributed by atoms with van der Waals surface area (Å²) in [5, 5.41) is 8.27. The van der Waals surface area contributed by atoms with E-state index in [4.69, 9.17) is 0 Å². The Balaban J connectivity index is 2.92. The molecule has 1 rings (SSSR count). The van der Waals surface area contributed by atoms with E-state index in [1.165, 1.54) is 19.3 Å². The molecule has 1 aromatic heterocycles. The number of unbranched alkanes of at least 4 members (excludes halogenated alkanes) is 1. The molecular weight excluding hydrogens is 196 g/mol. The molecule has 0 fully saturated rings. The highest BCUT2D eigenvalue weighted by Gasteiger charge is 2.38. The molecule has 0 atom stereocenters. The smallest absolute Gasteiger partial charge is 0.0692 e. The van der Waals surface area contributed by atoms with E-state index < -0.39 is 0 Å². The van der Waals surface area contributed by atoms with Gasteiger partial charge in [0.1, 0.15) is 0 Å². The predicted molar refractivity (Wildman–Crippen MR) is 68.4 cm³/mol. The Bertz CT molecular complexity index is 315. The third-order valence-corrected chi connectivity index (χ3v) is 4.06. The summed E-state index contributed by atoms with van der Waals surface area (Å²) in [4.78, 5) is 0. The molecule has 0 aromatic carbocycles. The number of hydrogen-bond acceptors (Lipinski definition) is 2. The topological polar surface area (TPSA) is 25.8 Å². The quantitative estimate of drug-likeness (QED) is 0.750. The van der Waals surface area contributed by atoms with Gasteiger partial charge in [-0.2, -0.15) is 10.2 Å². The number of nitrogens with zero attached hydrogens (tertiary/aromatic N) is 2. The van der Waals surface area contributed by atoms with Gasteiger partial charge in [-0.05, 0) is 24.0 Å². The molecule has 0 spiro atoms. The van der Waals surface area contributed by atoms with Gasteiger partial charge in [0.05, 0.1) is 5.69 Å². The molecule has 0 saturated carbocycles. The first kappa shape index (κ1) is 13.1. The van der Waals surface area contributed by atoms with E-state index in [0.29, 0.717) is 0 Å². The van der Waals surface area contributed by atoms with Crippen LogP contribution in [-0.4, -0.2) is 10.2 Å². The Hall–Kier alpha value is -0.920. The van der Waals surface area contributed by atoms with Crippen molar-refractivity contribution in [3.8, 4) is 0 Å². The minimum atomic E-state index is 0.0659.